The van der Waals surface area contributed by atoms with Crippen molar-refractivity contribution in [3.63, 3.8) is 0 Å². The van der Waals surface area contributed by atoms with E-state index in [0.29, 0.717) is 0 Å². The van der Waals surface area contributed by atoms with Crippen LogP contribution in [0.25, 0.3) is 0 Å². The summed E-state index contributed by atoms with van der Waals surface area (Å²) in [6.45, 7) is 18.8. The lowest BCUT2D eigenvalue weighted by Crippen LogP contribution is -2.48. The van der Waals surface area contributed by atoms with Crippen molar-refractivity contribution in [2.24, 2.45) is 0 Å². The second kappa shape index (κ2) is 8.52. The molecule has 80 valence electrons. The molecule has 0 aliphatic rings. The van der Waals surface area contributed by atoms with Gasteiger partial charge in [-0.1, -0.05) is 26.3 Å². The summed E-state index contributed by atoms with van der Waals surface area (Å²) in [7, 11) is 0. The Bertz CT molecular complexity index is 146. The highest BCUT2D eigenvalue weighted by Gasteiger charge is 2.20. The number of hydrogen-bond acceptors (Lipinski definition) is 0. The second-order valence-electron chi connectivity index (χ2n) is 3.23. The normalized spacial score (nSPS) is 9.71. The van der Waals surface area contributed by atoms with Crippen LogP contribution < -0.4 is 0 Å². The average molecular weight is 193 g/mol. The van der Waals surface area contributed by atoms with Gasteiger partial charge in [0.25, 0.3) is 0 Å². The molecule has 1 nitrogen and oxygen atoms in total. The fourth-order valence-electron chi connectivity index (χ4n) is 1.54. The zero-order valence-electron chi connectivity index (χ0n) is 9.41. The van der Waals surface area contributed by atoms with Gasteiger partial charge in [-0.3, -0.25) is 0 Å². The summed E-state index contributed by atoms with van der Waals surface area (Å²) in [6.07, 6.45) is 7.76. The molecular weight excluding hydrogens is 170 g/mol. The van der Waals surface area contributed by atoms with Crippen LogP contribution in [0.1, 0.15) is 0 Å². The van der Waals surface area contributed by atoms with Crippen molar-refractivity contribution >= 4 is 0 Å². The average Bonchev–Trinajstić information content (AvgIpc) is 2.06. The molecule has 0 unspecified atom stereocenters. The molecule has 0 heterocycles. The van der Waals surface area contributed by atoms with Crippen LogP contribution in [-0.4, -0.2) is 30.7 Å². The fraction of sp³-hybridized carbons (Fsp3) is 0.308. The van der Waals surface area contributed by atoms with Crippen LogP contribution in [0.15, 0.2) is 50.6 Å². The first-order chi connectivity index (χ1) is 6.24. The topological polar surface area (TPSA) is 0 Å². The zero-order valence-corrected chi connectivity index (χ0v) is 9.41. The Kier molecular flexibility index (Phi) is 9.36. The van der Waals surface area contributed by atoms with E-state index in [0.717, 1.165) is 30.7 Å². The molecule has 0 aromatic heterocycles. The Morgan fingerprint density at radius 2 is 0.857 bits per heavy atom. The Morgan fingerprint density at radius 3 is 1.00 bits per heavy atom. The molecule has 0 radical (unpaired) electrons. The minimum atomic E-state index is 0. The molecule has 0 amide bonds. The van der Waals surface area contributed by atoms with Gasteiger partial charge in [0.15, 0.2) is 0 Å². The van der Waals surface area contributed by atoms with Crippen molar-refractivity contribution in [3.05, 3.63) is 58.0 Å². The molecule has 0 aliphatic carbocycles. The molecule has 0 aromatic rings. The zero-order chi connectivity index (χ0) is 10.2. The van der Waals surface area contributed by atoms with E-state index in [1.807, 2.05) is 24.3 Å². The summed E-state index contributed by atoms with van der Waals surface area (Å²) in [6, 6.07) is 0. The highest BCUT2D eigenvalue weighted by atomic mass is 15.3. The summed E-state index contributed by atoms with van der Waals surface area (Å²) in [5.74, 6) is 0. The lowest BCUT2D eigenvalue weighted by atomic mass is 10.3. The van der Waals surface area contributed by atoms with Gasteiger partial charge in [-0.25, -0.2) is 0 Å². The van der Waals surface area contributed by atoms with Crippen LogP contribution >= 0.6 is 0 Å². The van der Waals surface area contributed by atoms with Crippen molar-refractivity contribution in [1.29, 1.82) is 0 Å². The molecule has 0 N–H and O–H groups in total. The van der Waals surface area contributed by atoms with Crippen LogP contribution in [0.2, 0.25) is 0 Å². The van der Waals surface area contributed by atoms with Gasteiger partial charge in [-0.15, -0.1) is 0 Å². The van der Waals surface area contributed by atoms with Crippen molar-refractivity contribution in [2.75, 3.05) is 26.2 Å². The summed E-state index contributed by atoms with van der Waals surface area (Å²) in [5, 5.41) is 0. The monoisotopic (exact) mass is 193 g/mol. The predicted octanol–water partition coefficient (Wildman–Crippen LogP) is 3.00. The van der Waals surface area contributed by atoms with E-state index in [9.17, 15) is 0 Å². The number of hydrogen-bond donors (Lipinski definition) is 0. The van der Waals surface area contributed by atoms with Crippen molar-refractivity contribution in [3.8, 4) is 0 Å². The van der Waals surface area contributed by atoms with Gasteiger partial charge in [0, 0.05) is 0 Å². The van der Waals surface area contributed by atoms with Gasteiger partial charge in [0.05, 0.1) is 26.2 Å². The molecule has 0 aliphatic heterocycles. The van der Waals surface area contributed by atoms with Crippen molar-refractivity contribution < 1.29 is 4.48 Å². The highest BCUT2D eigenvalue weighted by Crippen LogP contribution is 2.07. The third kappa shape index (κ3) is 4.83. The number of quaternary nitrogens is 1. The van der Waals surface area contributed by atoms with Crippen LogP contribution in [0.3, 0.4) is 0 Å². The van der Waals surface area contributed by atoms with Crippen LogP contribution in [0.5, 0.6) is 0 Å². The molecule has 0 saturated carbocycles. The minimum absolute atomic E-state index is 0. The lowest BCUT2D eigenvalue weighted by molar-refractivity contribution is -0.906. The maximum Gasteiger partial charge on any atom is 0.0978 e. The largest absolute Gasteiger partial charge is 0.358 e. The van der Waals surface area contributed by atoms with Crippen LogP contribution in [0, 0.1) is 7.43 Å². The molecule has 1 heteroatoms. The third-order valence-corrected chi connectivity index (χ3v) is 2.07. The van der Waals surface area contributed by atoms with E-state index in [1.54, 1.807) is 0 Å². The quantitative estimate of drug-likeness (QED) is 0.316. The smallest absolute Gasteiger partial charge is 0.0978 e. The van der Waals surface area contributed by atoms with Gasteiger partial charge < -0.3 is 11.9 Å². The molecule has 0 aromatic carbocycles. The molecule has 0 saturated heterocycles. The Balaban J connectivity index is 0. The minimum Gasteiger partial charge on any atom is -0.358 e. The van der Waals surface area contributed by atoms with Gasteiger partial charge in [0.2, 0.25) is 0 Å². The first-order valence-electron chi connectivity index (χ1n) is 4.53. The summed E-state index contributed by atoms with van der Waals surface area (Å²) in [5.41, 5.74) is 0. The Labute approximate surface area is 89.3 Å². The first kappa shape index (κ1) is 15.4. The molecule has 0 bridgehead atoms. The fourth-order valence-corrected chi connectivity index (χ4v) is 1.54. The maximum atomic E-state index is 3.77. The van der Waals surface area contributed by atoms with Gasteiger partial charge in [0.1, 0.15) is 0 Å². The molecule has 0 fully saturated rings. The Hall–Kier alpha value is -1.08. The standard InChI is InChI=1S/C12H20N.CH3/c1-5-9-13(10-6-2,11-7-3)12-8-4;/h5-8H,1-4,9-12H2;1H3/q+1;-1. The first-order valence-corrected chi connectivity index (χ1v) is 4.53. The molecule has 0 spiro atoms. The van der Waals surface area contributed by atoms with Gasteiger partial charge in [-0.2, -0.15) is 0 Å². The maximum absolute atomic E-state index is 3.77. The highest BCUT2D eigenvalue weighted by molar-refractivity contribution is 4.79. The molecule has 0 rings (SSSR count). The van der Waals surface area contributed by atoms with Crippen LogP contribution in [-0.2, 0) is 0 Å². The van der Waals surface area contributed by atoms with E-state index in [1.165, 1.54) is 0 Å². The van der Waals surface area contributed by atoms with E-state index < -0.39 is 0 Å². The molecule has 0 atom stereocenters. The van der Waals surface area contributed by atoms with E-state index in [2.05, 4.69) is 26.3 Å². The summed E-state index contributed by atoms with van der Waals surface area (Å²) >= 11 is 0. The lowest BCUT2D eigenvalue weighted by Gasteiger charge is -2.35. The van der Waals surface area contributed by atoms with Gasteiger partial charge >= 0.3 is 0 Å². The molecular formula is C13H23N. The Morgan fingerprint density at radius 1 is 0.643 bits per heavy atom. The van der Waals surface area contributed by atoms with Crippen LogP contribution in [0.4, 0.5) is 0 Å². The second-order valence-corrected chi connectivity index (χ2v) is 3.23. The number of rotatable bonds is 8. The predicted molar refractivity (Wildman–Crippen MR) is 66.9 cm³/mol. The SMILES string of the molecule is C=CC[N+](CC=C)(CC=C)CC=C.[CH3-]. The van der Waals surface area contributed by atoms with Gasteiger partial charge in [-0.05, 0) is 24.3 Å². The molecule has 14 heavy (non-hydrogen) atoms. The van der Waals surface area contributed by atoms with E-state index in [4.69, 9.17) is 0 Å². The van der Waals surface area contributed by atoms with Crippen molar-refractivity contribution in [2.45, 2.75) is 0 Å². The summed E-state index contributed by atoms with van der Waals surface area (Å²) < 4.78 is 0.903. The van der Waals surface area contributed by atoms with E-state index in [-0.39, 0.29) is 7.43 Å². The summed E-state index contributed by atoms with van der Waals surface area (Å²) in [4.78, 5) is 0. The van der Waals surface area contributed by atoms with Crippen molar-refractivity contribution in [1.82, 2.24) is 0 Å². The third-order valence-electron chi connectivity index (χ3n) is 2.07. The van der Waals surface area contributed by atoms with E-state index >= 15 is 0 Å². The number of nitrogens with zero attached hydrogens (tertiary/aromatic N) is 1.